The van der Waals surface area contributed by atoms with Crippen molar-refractivity contribution in [3.05, 3.63) is 187 Å². The molecule has 0 aliphatic carbocycles. The number of ether oxygens (including phenoxy) is 1. The lowest BCUT2D eigenvalue weighted by molar-refractivity contribution is 0.483. The fourth-order valence-electron chi connectivity index (χ4n) is 9.84. The lowest BCUT2D eigenvalue weighted by atomic mass is 9.34. The van der Waals surface area contributed by atoms with Crippen molar-refractivity contribution in [1.82, 2.24) is 4.57 Å². The van der Waals surface area contributed by atoms with Crippen LogP contribution in [0.5, 0.6) is 11.5 Å². The van der Waals surface area contributed by atoms with E-state index in [4.69, 9.17) is 4.74 Å². The fourth-order valence-corrected chi connectivity index (χ4v) is 9.84. The third-order valence-electron chi connectivity index (χ3n) is 12.8. The number of unbranched alkanes of at least 4 members (excludes halogenated alkanes) is 1. The van der Waals surface area contributed by atoms with Gasteiger partial charge in [-0.3, -0.25) is 0 Å². The van der Waals surface area contributed by atoms with Gasteiger partial charge in [0.25, 0.3) is 6.71 Å². The molecule has 0 N–H and O–H groups in total. The van der Waals surface area contributed by atoms with Gasteiger partial charge in [-0.2, -0.15) is 0 Å². The smallest absolute Gasteiger partial charge is 0.256 e. The van der Waals surface area contributed by atoms with E-state index in [0.29, 0.717) is 0 Å². The van der Waals surface area contributed by atoms with Crippen LogP contribution in [0.4, 0.5) is 17.1 Å². The fraction of sp³-hybridized carbons (Fsp3) is 0.143. The Morgan fingerprint density at radius 2 is 1.23 bits per heavy atom. The molecule has 0 amide bonds. The molecular formula is C56H47BN2O. The third-order valence-corrected chi connectivity index (χ3v) is 12.8. The number of hydrogen-bond acceptors (Lipinski definition) is 2. The Kier molecular flexibility index (Phi) is 8.60. The highest BCUT2D eigenvalue weighted by atomic mass is 16.5. The van der Waals surface area contributed by atoms with Crippen LogP contribution in [0.1, 0.15) is 51.7 Å². The van der Waals surface area contributed by atoms with Gasteiger partial charge in [0.05, 0.1) is 16.7 Å². The summed E-state index contributed by atoms with van der Waals surface area (Å²) in [5, 5.41) is 2.50. The van der Waals surface area contributed by atoms with Crippen LogP contribution < -0.4 is 26.0 Å². The Hall–Kier alpha value is -6.78. The number of anilines is 3. The largest absolute Gasteiger partial charge is 0.458 e. The molecule has 3 nitrogen and oxygen atoms in total. The molecule has 0 unspecified atom stereocenters. The third kappa shape index (κ3) is 5.80. The van der Waals surface area contributed by atoms with Crippen LogP contribution in [-0.4, -0.2) is 11.3 Å². The number of aryl methyl sites for hydroxylation is 1. The van der Waals surface area contributed by atoms with Gasteiger partial charge >= 0.3 is 0 Å². The molecule has 9 aromatic rings. The molecule has 0 saturated carbocycles. The van der Waals surface area contributed by atoms with E-state index in [0.717, 1.165) is 36.4 Å². The van der Waals surface area contributed by atoms with Crippen molar-refractivity contribution in [2.45, 2.75) is 52.4 Å². The number of rotatable bonds is 7. The van der Waals surface area contributed by atoms with Gasteiger partial charge in [-0.05, 0) is 98.9 Å². The maximum absolute atomic E-state index is 7.31. The minimum Gasteiger partial charge on any atom is -0.458 e. The minimum atomic E-state index is -0.122. The normalized spacial score (nSPS) is 12.9. The van der Waals surface area contributed by atoms with E-state index < -0.39 is 0 Å². The Morgan fingerprint density at radius 3 is 1.93 bits per heavy atom. The van der Waals surface area contributed by atoms with Crippen molar-refractivity contribution in [2.24, 2.45) is 0 Å². The highest BCUT2D eigenvalue weighted by Crippen LogP contribution is 2.48. The summed E-state index contributed by atoms with van der Waals surface area (Å²) < 4.78 is 9.70. The van der Waals surface area contributed by atoms with Gasteiger partial charge in [-0.25, -0.2) is 0 Å². The van der Waals surface area contributed by atoms with E-state index in [9.17, 15) is 0 Å². The van der Waals surface area contributed by atoms with Crippen LogP contribution >= 0.6 is 0 Å². The first kappa shape index (κ1) is 36.3. The van der Waals surface area contributed by atoms with Crippen molar-refractivity contribution in [1.29, 1.82) is 0 Å². The molecule has 1 aromatic heterocycles. The molecule has 0 spiro atoms. The van der Waals surface area contributed by atoms with Crippen molar-refractivity contribution in [3.63, 3.8) is 0 Å². The molecule has 11 rings (SSSR count). The second kappa shape index (κ2) is 14.2. The van der Waals surface area contributed by atoms with Crippen LogP contribution in [0.15, 0.2) is 176 Å². The highest BCUT2D eigenvalue weighted by Gasteiger charge is 2.44. The van der Waals surface area contributed by atoms with Gasteiger partial charge in [0, 0.05) is 39.5 Å². The Morgan fingerprint density at radius 1 is 0.550 bits per heavy atom. The molecule has 0 radical (unpaired) electrons. The number of aromatic nitrogens is 1. The summed E-state index contributed by atoms with van der Waals surface area (Å²) >= 11 is 0. The van der Waals surface area contributed by atoms with E-state index in [1.807, 2.05) is 0 Å². The summed E-state index contributed by atoms with van der Waals surface area (Å²) in [6, 6.07) is 65.0. The molecule has 0 atom stereocenters. The quantitative estimate of drug-likeness (QED) is 0.150. The zero-order valence-electron chi connectivity index (χ0n) is 34.7. The van der Waals surface area contributed by atoms with Crippen molar-refractivity contribution >= 4 is 62.0 Å². The molecule has 2 aliphatic heterocycles. The Bertz CT molecular complexity index is 3050. The second-order valence-corrected chi connectivity index (χ2v) is 17.5. The lowest BCUT2D eigenvalue weighted by Crippen LogP contribution is -2.59. The molecule has 8 aromatic carbocycles. The SMILES string of the molecule is CCCCc1cccc(-c2ccccc2)c1N1c2ccc(-c3ccccc3)cc2B2c3ccc(-n4c5ccccc5c5ccccc54)cc3Oc3cc(C(C)(C)C)cc1c32. The number of nitrogens with zero attached hydrogens (tertiary/aromatic N) is 2. The average molecular weight is 775 g/mol. The first-order valence-electron chi connectivity index (χ1n) is 21.5. The average Bonchev–Trinajstić information content (AvgIpc) is 3.62. The van der Waals surface area contributed by atoms with E-state index in [-0.39, 0.29) is 12.1 Å². The van der Waals surface area contributed by atoms with E-state index in [2.05, 4.69) is 213 Å². The zero-order valence-corrected chi connectivity index (χ0v) is 34.7. The molecule has 4 heteroatoms. The maximum atomic E-state index is 7.31. The van der Waals surface area contributed by atoms with Crippen molar-refractivity contribution in [2.75, 3.05) is 4.90 Å². The number of hydrogen-bond donors (Lipinski definition) is 0. The topological polar surface area (TPSA) is 17.4 Å². The number of benzene rings is 8. The molecule has 60 heavy (non-hydrogen) atoms. The van der Waals surface area contributed by atoms with Crippen LogP contribution in [-0.2, 0) is 11.8 Å². The highest BCUT2D eigenvalue weighted by molar-refractivity contribution is 6.99. The summed E-state index contributed by atoms with van der Waals surface area (Å²) in [5.74, 6) is 1.84. The van der Waals surface area contributed by atoms with Gasteiger partial charge < -0.3 is 14.2 Å². The minimum absolute atomic E-state index is 0.0436. The standard InChI is InChI=1S/C56H47BN2O/c1-5-6-18-39-23-17-26-43(38-21-11-8-12-22-38)55(39)59-50-32-29-40(37-19-9-7-10-20-37)33-47(50)57-46-31-30-42(58-48-27-15-13-24-44(48)45-25-14-16-28-49(45)58)36-52(46)60-53-35-41(56(2,3)4)34-51(59)54(53)57/h7-17,19-36H,5-6,18H2,1-4H3. The van der Waals surface area contributed by atoms with Crippen LogP contribution in [0.2, 0.25) is 0 Å². The Balaban J connectivity index is 1.20. The Labute approximate surface area is 353 Å². The molecule has 0 saturated heterocycles. The van der Waals surface area contributed by atoms with Crippen LogP contribution in [0.25, 0.3) is 49.7 Å². The predicted molar refractivity (Wildman–Crippen MR) is 255 cm³/mol. The molecular weight excluding hydrogens is 727 g/mol. The molecule has 3 heterocycles. The van der Waals surface area contributed by atoms with Crippen LogP contribution in [0, 0.1) is 0 Å². The number of para-hydroxylation sites is 3. The molecule has 0 fully saturated rings. The van der Waals surface area contributed by atoms with E-state index in [1.54, 1.807) is 0 Å². The van der Waals surface area contributed by atoms with E-state index >= 15 is 0 Å². The van der Waals surface area contributed by atoms with Gasteiger partial charge in [-0.15, -0.1) is 0 Å². The zero-order chi connectivity index (χ0) is 40.5. The summed E-state index contributed by atoms with van der Waals surface area (Å²) in [5.41, 5.74) is 18.2. The van der Waals surface area contributed by atoms with Gasteiger partial charge in [0.1, 0.15) is 11.5 Å². The molecule has 2 aliphatic rings. The molecule has 290 valence electrons. The lowest BCUT2D eigenvalue weighted by Gasteiger charge is -2.42. The van der Waals surface area contributed by atoms with E-state index in [1.165, 1.54) is 88.6 Å². The molecule has 0 bridgehead atoms. The second-order valence-electron chi connectivity index (χ2n) is 17.5. The first-order valence-corrected chi connectivity index (χ1v) is 21.5. The van der Waals surface area contributed by atoms with Crippen molar-refractivity contribution < 1.29 is 4.74 Å². The first-order chi connectivity index (χ1) is 29.4. The number of fused-ring (bicyclic) bond motifs is 7. The maximum Gasteiger partial charge on any atom is 0.256 e. The van der Waals surface area contributed by atoms with Crippen LogP contribution in [0.3, 0.4) is 0 Å². The summed E-state index contributed by atoms with van der Waals surface area (Å²) in [7, 11) is 0. The van der Waals surface area contributed by atoms with Gasteiger partial charge in [0.2, 0.25) is 0 Å². The van der Waals surface area contributed by atoms with Gasteiger partial charge in [-0.1, -0.05) is 168 Å². The monoisotopic (exact) mass is 774 g/mol. The van der Waals surface area contributed by atoms with Gasteiger partial charge in [0.15, 0.2) is 0 Å². The summed E-state index contributed by atoms with van der Waals surface area (Å²) in [6.07, 6.45) is 3.24. The van der Waals surface area contributed by atoms with Crippen molar-refractivity contribution in [3.8, 4) is 39.4 Å². The predicted octanol–water partition coefficient (Wildman–Crippen LogP) is 13.2. The summed E-state index contributed by atoms with van der Waals surface area (Å²) in [4.78, 5) is 2.60. The summed E-state index contributed by atoms with van der Waals surface area (Å²) in [6.45, 7) is 9.19.